The first-order valence-corrected chi connectivity index (χ1v) is 8.02. The lowest BCUT2D eigenvalue weighted by Gasteiger charge is -2.30. The monoisotopic (exact) mass is 326 g/mol. The topological polar surface area (TPSA) is 0 Å². The van der Waals surface area contributed by atoms with Crippen LogP contribution in [0.4, 0.5) is 0 Å². The number of hydrogen-bond acceptors (Lipinski definition) is 0. The molecule has 106 valence electrons. The summed E-state index contributed by atoms with van der Waals surface area (Å²) in [7, 11) is 0. The summed E-state index contributed by atoms with van der Waals surface area (Å²) in [6.07, 6.45) is 1.73. The zero-order chi connectivity index (χ0) is 14.4. The van der Waals surface area contributed by atoms with E-state index in [0.29, 0.717) is 11.8 Å². The van der Waals surface area contributed by atoms with E-state index >= 15 is 0 Å². The third-order valence-corrected chi connectivity index (χ3v) is 4.87. The van der Waals surface area contributed by atoms with Gasteiger partial charge in [-0.05, 0) is 36.1 Å². The predicted molar refractivity (Wildman–Crippen MR) is 89.2 cm³/mol. The molecule has 0 unspecified atom stereocenters. The van der Waals surface area contributed by atoms with Gasteiger partial charge < -0.3 is 0 Å². The van der Waals surface area contributed by atoms with Gasteiger partial charge in [-0.2, -0.15) is 0 Å². The maximum atomic E-state index is 6.25. The fraction of sp³-hybridized carbons (Fsp3) is 0.294. The van der Waals surface area contributed by atoms with Gasteiger partial charge in [-0.1, -0.05) is 54.1 Å². The Bertz CT molecular complexity index is 516. The van der Waals surface area contributed by atoms with E-state index in [1.54, 1.807) is 0 Å². The Morgan fingerprint density at radius 3 is 1.70 bits per heavy atom. The highest BCUT2D eigenvalue weighted by atomic mass is 35.5. The zero-order valence-electron chi connectivity index (χ0n) is 11.2. The third-order valence-electron chi connectivity index (χ3n) is 3.48. The molecule has 0 aromatic heterocycles. The fourth-order valence-corrected chi connectivity index (χ4v) is 3.14. The number of hydrogen-bond donors (Lipinski definition) is 0. The summed E-state index contributed by atoms with van der Waals surface area (Å²) >= 11 is 18.4. The summed E-state index contributed by atoms with van der Waals surface area (Å²) in [6, 6.07) is 18.3. The van der Waals surface area contributed by atoms with Gasteiger partial charge in [-0.25, -0.2) is 0 Å². The summed E-state index contributed by atoms with van der Waals surface area (Å²) in [5.41, 5.74) is 2.35. The first kappa shape index (κ1) is 15.7. The van der Waals surface area contributed by atoms with Crippen molar-refractivity contribution >= 4 is 34.8 Å². The maximum absolute atomic E-state index is 6.25. The Balaban J connectivity index is 2.18. The lowest BCUT2D eigenvalue weighted by atomic mass is 9.80. The summed E-state index contributed by atoms with van der Waals surface area (Å²) in [6.45, 7) is 0. The molecule has 0 radical (unpaired) electrons. The molecule has 2 aromatic carbocycles. The van der Waals surface area contributed by atoms with Gasteiger partial charge >= 0.3 is 0 Å². The highest BCUT2D eigenvalue weighted by Crippen LogP contribution is 2.31. The molecule has 0 aliphatic heterocycles. The predicted octanol–water partition coefficient (Wildman–Crippen LogP) is 5.59. The van der Waals surface area contributed by atoms with E-state index in [9.17, 15) is 0 Å². The molecule has 0 N–H and O–H groups in total. The highest BCUT2D eigenvalue weighted by Gasteiger charge is 2.29. The van der Waals surface area contributed by atoms with E-state index in [-0.39, 0.29) is 5.41 Å². The molecule has 0 nitrogen and oxygen atoms in total. The Labute approximate surface area is 135 Å². The zero-order valence-corrected chi connectivity index (χ0v) is 13.4. The molecular formula is C17H17Cl3. The van der Waals surface area contributed by atoms with Gasteiger partial charge in [0.2, 0.25) is 0 Å². The van der Waals surface area contributed by atoms with Crippen LogP contribution in [0.2, 0.25) is 5.02 Å². The van der Waals surface area contributed by atoms with Crippen LogP contribution in [0.5, 0.6) is 0 Å². The first-order chi connectivity index (χ1) is 9.67. The molecule has 0 saturated carbocycles. The van der Waals surface area contributed by atoms with Crippen molar-refractivity contribution < 1.29 is 0 Å². The van der Waals surface area contributed by atoms with Crippen molar-refractivity contribution in [3.63, 3.8) is 0 Å². The van der Waals surface area contributed by atoms with Crippen LogP contribution in [0.1, 0.15) is 11.1 Å². The van der Waals surface area contributed by atoms with Crippen LogP contribution in [0.3, 0.4) is 0 Å². The molecule has 3 heteroatoms. The van der Waals surface area contributed by atoms with E-state index in [1.807, 2.05) is 42.5 Å². The van der Waals surface area contributed by atoms with Gasteiger partial charge in [0.15, 0.2) is 0 Å². The van der Waals surface area contributed by atoms with Gasteiger partial charge in [0, 0.05) is 22.2 Å². The van der Waals surface area contributed by atoms with E-state index in [4.69, 9.17) is 34.8 Å². The number of benzene rings is 2. The minimum absolute atomic E-state index is 0.127. The lowest BCUT2D eigenvalue weighted by Crippen LogP contribution is -2.30. The average molecular weight is 328 g/mol. The molecule has 0 fully saturated rings. The summed E-state index contributed by atoms with van der Waals surface area (Å²) < 4.78 is 0. The molecule has 0 heterocycles. The third kappa shape index (κ3) is 4.15. The van der Waals surface area contributed by atoms with Crippen molar-refractivity contribution in [1.82, 2.24) is 0 Å². The van der Waals surface area contributed by atoms with Gasteiger partial charge in [0.1, 0.15) is 0 Å². The van der Waals surface area contributed by atoms with Crippen LogP contribution >= 0.6 is 34.8 Å². The first-order valence-electron chi connectivity index (χ1n) is 6.58. The van der Waals surface area contributed by atoms with Gasteiger partial charge in [0.25, 0.3) is 0 Å². The maximum Gasteiger partial charge on any atom is 0.0406 e. The molecule has 2 aromatic rings. The molecule has 0 saturated heterocycles. The SMILES string of the molecule is ClCC(CCl)(Cc1ccccc1)Cc1ccc(Cl)cc1. The Kier molecular flexibility index (Phi) is 5.77. The standard InChI is InChI=1S/C17H17Cl3/c18-12-17(13-19,10-14-4-2-1-3-5-14)11-15-6-8-16(20)9-7-15/h1-9H,10-13H2. The quantitative estimate of drug-likeness (QED) is 0.607. The number of halogens is 3. The smallest absolute Gasteiger partial charge is 0.0406 e. The molecule has 0 amide bonds. The van der Waals surface area contributed by atoms with E-state index in [2.05, 4.69) is 12.1 Å². The summed E-state index contributed by atoms with van der Waals surface area (Å²) in [4.78, 5) is 0. The van der Waals surface area contributed by atoms with Crippen molar-refractivity contribution in [2.75, 3.05) is 11.8 Å². The van der Waals surface area contributed by atoms with E-state index < -0.39 is 0 Å². The fourth-order valence-electron chi connectivity index (χ4n) is 2.35. The Morgan fingerprint density at radius 1 is 0.700 bits per heavy atom. The van der Waals surface area contributed by atoms with Crippen LogP contribution in [-0.2, 0) is 12.8 Å². The van der Waals surface area contributed by atoms with Crippen LogP contribution in [-0.4, -0.2) is 11.8 Å². The molecule has 0 aliphatic rings. The summed E-state index contributed by atoms with van der Waals surface area (Å²) in [5, 5.41) is 0.749. The highest BCUT2D eigenvalue weighted by molar-refractivity contribution is 6.30. The minimum atomic E-state index is -0.127. The lowest BCUT2D eigenvalue weighted by molar-refractivity contribution is 0.374. The molecule has 0 atom stereocenters. The minimum Gasteiger partial charge on any atom is -0.126 e. The second-order valence-corrected chi connectivity index (χ2v) is 6.20. The summed E-state index contributed by atoms with van der Waals surface area (Å²) in [5.74, 6) is 1.07. The van der Waals surface area contributed by atoms with Crippen LogP contribution < -0.4 is 0 Å². The van der Waals surface area contributed by atoms with Gasteiger partial charge in [-0.15, -0.1) is 23.2 Å². The van der Waals surface area contributed by atoms with Crippen molar-refractivity contribution in [3.05, 3.63) is 70.7 Å². The van der Waals surface area contributed by atoms with Crippen LogP contribution in [0, 0.1) is 5.41 Å². The second kappa shape index (κ2) is 7.36. The largest absolute Gasteiger partial charge is 0.126 e. The molecule has 0 bridgehead atoms. The molecule has 20 heavy (non-hydrogen) atoms. The molecule has 0 spiro atoms. The number of rotatable bonds is 6. The van der Waals surface area contributed by atoms with Crippen molar-refractivity contribution in [3.8, 4) is 0 Å². The van der Waals surface area contributed by atoms with Gasteiger partial charge in [0.05, 0.1) is 0 Å². The van der Waals surface area contributed by atoms with Crippen LogP contribution in [0.15, 0.2) is 54.6 Å². The van der Waals surface area contributed by atoms with Crippen molar-refractivity contribution in [1.29, 1.82) is 0 Å². The average Bonchev–Trinajstić information content (AvgIpc) is 2.50. The normalized spacial score (nSPS) is 11.6. The van der Waals surface area contributed by atoms with Crippen molar-refractivity contribution in [2.45, 2.75) is 12.8 Å². The second-order valence-electron chi connectivity index (χ2n) is 5.23. The van der Waals surface area contributed by atoms with Crippen LogP contribution in [0.25, 0.3) is 0 Å². The molecular weight excluding hydrogens is 311 g/mol. The molecule has 2 rings (SSSR count). The van der Waals surface area contributed by atoms with E-state index in [0.717, 1.165) is 17.9 Å². The van der Waals surface area contributed by atoms with E-state index in [1.165, 1.54) is 11.1 Å². The number of alkyl halides is 2. The Hall–Kier alpha value is -0.690. The molecule has 0 aliphatic carbocycles. The Morgan fingerprint density at radius 2 is 1.20 bits per heavy atom. The van der Waals surface area contributed by atoms with Gasteiger partial charge in [-0.3, -0.25) is 0 Å². The van der Waals surface area contributed by atoms with Crippen molar-refractivity contribution in [2.24, 2.45) is 5.41 Å².